The van der Waals surface area contributed by atoms with E-state index in [9.17, 15) is 4.79 Å². The number of fused-ring (bicyclic) bond motifs is 1. The molecule has 0 saturated heterocycles. The maximum absolute atomic E-state index is 10.6. The van der Waals surface area contributed by atoms with E-state index in [2.05, 4.69) is 22.1 Å². The Labute approximate surface area is 108 Å². The van der Waals surface area contributed by atoms with Crippen LogP contribution in [0.25, 0.3) is 10.2 Å². The summed E-state index contributed by atoms with van der Waals surface area (Å²) in [6.07, 6.45) is 0. The number of benzene rings is 1. The minimum absolute atomic E-state index is 0.0796. The van der Waals surface area contributed by atoms with E-state index in [1.54, 1.807) is 0 Å². The highest BCUT2D eigenvalue weighted by atomic mass is 35.5. The SMILES string of the molecule is CC(=O)NCC#Cc1ccc2nc(Cl)sc2c1. The fourth-order valence-electron chi connectivity index (χ4n) is 1.29. The van der Waals surface area contributed by atoms with Crippen molar-refractivity contribution in [1.82, 2.24) is 10.3 Å². The third-order valence-corrected chi connectivity index (χ3v) is 3.14. The second-order valence-electron chi connectivity index (χ2n) is 3.36. The van der Waals surface area contributed by atoms with Crippen LogP contribution in [0.2, 0.25) is 4.47 Å². The normalized spacial score (nSPS) is 9.76. The first-order valence-electron chi connectivity index (χ1n) is 4.94. The van der Waals surface area contributed by atoms with Crippen molar-refractivity contribution in [3.05, 3.63) is 28.2 Å². The van der Waals surface area contributed by atoms with Crippen LogP contribution in [-0.2, 0) is 4.79 Å². The van der Waals surface area contributed by atoms with E-state index in [0.717, 1.165) is 15.8 Å². The Bertz CT molecular complexity index is 624. The van der Waals surface area contributed by atoms with Crippen LogP contribution in [-0.4, -0.2) is 17.4 Å². The van der Waals surface area contributed by atoms with Gasteiger partial charge in [0.25, 0.3) is 0 Å². The molecule has 0 aliphatic carbocycles. The monoisotopic (exact) mass is 264 g/mol. The van der Waals surface area contributed by atoms with Gasteiger partial charge in [0.2, 0.25) is 5.91 Å². The lowest BCUT2D eigenvalue weighted by molar-refractivity contribution is -0.118. The van der Waals surface area contributed by atoms with Gasteiger partial charge in [0.15, 0.2) is 4.47 Å². The number of nitrogens with zero attached hydrogens (tertiary/aromatic N) is 1. The standard InChI is InChI=1S/C12H9ClN2OS/c1-8(16)14-6-2-3-9-4-5-10-11(7-9)17-12(13)15-10/h4-5,7H,6H2,1H3,(H,14,16). The zero-order valence-corrected chi connectivity index (χ0v) is 10.7. The van der Waals surface area contributed by atoms with Crippen molar-refractivity contribution in [2.45, 2.75) is 6.92 Å². The third kappa shape index (κ3) is 3.19. The van der Waals surface area contributed by atoms with Gasteiger partial charge in [-0.1, -0.05) is 23.4 Å². The van der Waals surface area contributed by atoms with Gasteiger partial charge in [0, 0.05) is 12.5 Å². The van der Waals surface area contributed by atoms with Gasteiger partial charge in [0.05, 0.1) is 16.8 Å². The maximum Gasteiger partial charge on any atom is 0.217 e. The lowest BCUT2D eigenvalue weighted by atomic mass is 10.2. The largest absolute Gasteiger partial charge is 0.345 e. The molecule has 1 amide bonds. The fraction of sp³-hybridized carbons (Fsp3) is 0.167. The molecule has 0 radical (unpaired) electrons. The average Bonchev–Trinajstić information content (AvgIpc) is 2.63. The molecule has 1 aromatic carbocycles. The van der Waals surface area contributed by atoms with Gasteiger partial charge in [-0.3, -0.25) is 4.79 Å². The Morgan fingerprint density at radius 2 is 2.41 bits per heavy atom. The first-order valence-corrected chi connectivity index (χ1v) is 6.14. The summed E-state index contributed by atoms with van der Waals surface area (Å²) >= 11 is 7.25. The van der Waals surface area contributed by atoms with Crippen LogP contribution in [0.3, 0.4) is 0 Å². The fourth-order valence-corrected chi connectivity index (χ4v) is 2.36. The Morgan fingerprint density at radius 3 is 3.18 bits per heavy atom. The van der Waals surface area contributed by atoms with Crippen LogP contribution in [0, 0.1) is 11.8 Å². The Hall–Kier alpha value is -1.57. The van der Waals surface area contributed by atoms with Gasteiger partial charge in [-0.15, -0.1) is 11.3 Å². The average molecular weight is 265 g/mol. The van der Waals surface area contributed by atoms with Gasteiger partial charge in [-0.05, 0) is 18.2 Å². The van der Waals surface area contributed by atoms with Crippen LogP contribution >= 0.6 is 22.9 Å². The van der Waals surface area contributed by atoms with E-state index in [1.807, 2.05) is 18.2 Å². The van der Waals surface area contributed by atoms with Crippen molar-refractivity contribution >= 4 is 39.1 Å². The molecule has 1 aromatic heterocycles. The Kier molecular flexibility index (Phi) is 3.62. The number of carbonyl (C=O) groups is 1. The van der Waals surface area contributed by atoms with Crippen LogP contribution in [0.1, 0.15) is 12.5 Å². The quantitative estimate of drug-likeness (QED) is 0.804. The number of nitrogens with one attached hydrogen (secondary N) is 1. The Morgan fingerprint density at radius 1 is 1.59 bits per heavy atom. The highest BCUT2D eigenvalue weighted by molar-refractivity contribution is 7.22. The van der Waals surface area contributed by atoms with E-state index in [4.69, 9.17) is 11.6 Å². The number of hydrogen-bond acceptors (Lipinski definition) is 3. The molecule has 0 aliphatic rings. The summed E-state index contributed by atoms with van der Waals surface area (Å²) in [7, 11) is 0. The highest BCUT2D eigenvalue weighted by Gasteiger charge is 2.01. The molecule has 5 heteroatoms. The molecule has 2 aromatic rings. The molecule has 0 unspecified atom stereocenters. The second-order valence-corrected chi connectivity index (χ2v) is 4.97. The minimum atomic E-state index is -0.0796. The Balaban J connectivity index is 2.16. The van der Waals surface area contributed by atoms with Gasteiger partial charge in [-0.25, -0.2) is 4.98 Å². The number of amides is 1. The molecule has 3 nitrogen and oxygen atoms in total. The summed E-state index contributed by atoms with van der Waals surface area (Å²) in [5.74, 6) is 5.77. The molecule has 0 saturated carbocycles. The summed E-state index contributed by atoms with van der Waals surface area (Å²) in [5.41, 5.74) is 1.77. The molecule has 0 aliphatic heterocycles. The highest BCUT2D eigenvalue weighted by Crippen LogP contribution is 2.25. The number of aromatic nitrogens is 1. The van der Waals surface area contributed by atoms with E-state index in [-0.39, 0.29) is 5.91 Å². The first-order chi connectivity index (χ1) is 8.15. The number of thiazole rings is 1. The molecule has 2 rings (SSSR count). The van der Waals surface area contributed by atoms with Crippen molar-refractivity contribution in [2.24, 2.45) is 0 Å². The van der Waals surface area contributed by atoms with Crippen molar-refractivity contribution in [2.75, 3.05) is 6.54 Å². The van der Waals surface area contributed by atoms with E-state index < -0.39 is 0 Å². The van der Waals surface area contributed by atoms with E-state index in [1.165, 1.54) is 18.3 Å². The number of carbonyl (C=O) groups excluding carboxylic acids is 1. The lowest BCUT2D eigenvalue weighted by Gasteiger charge is -1.92. The summed E-state index contributed by atoms with van der Waals surface area (Å²) in [4.78, 5) is 14.8. The maximum atomic E-state index is 10.6. The smallest absolute Gasteiger partial charge is 0.217 e. The molecule has 1 N–H and O–H groups in total. The summed E-state index contributed by atoms with van der Waals surface area (Å²) < 4.78 is 1.55. The summed E-state index contributed by atoms with van der Waals surface area (Å²) in [5, 5.41) is 2.61. The predicted molar refractivity (Wildman–Crippen MR) is 70.2 cm³/mol. The molecule has 17 heavy (non-hydrogen) atoms. The number of hydrogen-bond donors (Lipinski definition) is 1. The first kappa shape index (κ1) is 11.9. The van der Waals surface area contributed by atoms with E-state index >= 15 is 0 Å². The van der Waals surface area contributed by atoms with Crippen molar-refractivity contribution in [3.63, 3.8) is 0 Å². The molecule has 0 spiro atoms. The van der Waals surface area contributed by atoms with Crippen LogP contribution < -0.4 is 5.32 Å². The molecular formula is C12H9ClN2OS. The molecule has 86 valence electrons. The third-order valence-electron chi connectivity index (χ3n) is 2.02. The topological polar surface area (TPSA) is 42.0 Å². The minimum Gasteiger partial charge on any atom is -0.345 e. The molecule has 0 atom stereocenters. The zero-order chi connectivity index (χ0) is 12.3. The predicted octanol–water partition coefficient (Wildman–Crippen LogP) is 2.44. The van der Waals surface area contributed by atoms with Crippen molar-refractivity contribution in [3.8, 4) is 11.8 Å². The lowest BCUT2D eigenvalue weighted by Crippen LogP contribution is -2.19. The summed E-state index contributed by atoms with van der Waals surface area (Å²) in [6, 6.07) is 5.72. The van der Waals surface area contributed by atoms with E-state index in [0.29, 0.717) is 11.0 Å². The van der Waals surface area contributed by atoms with Crippen molar-refractivity contribution in [1.29, 1.82) is 0 Å². The molecular weight excluding hydrogens is 256 g/mol. The van der Waals surface area contributed by atoms with Gasteiger partial charge < -0.3 is 5.32 Å². The van der Waals surface area contributed by atoms with Crippen molar-refractivity contribution < 1.29 is 4.79 Å². The van der Waals surface area contributed by atoms with Gasteiger partial charge in [-0.2, -0.15) is 0 Å². The number of halogens is 1. The van der Waals surface area contributed by atoms with Crippen LogP contribution in [0.15, 0.2) is 18.2 Å². The van der Waals surface area contributed by atoms with Crippen LogP contribution in [0.4, 0.5) is 0 Å². The molecule has 0 fully saturated rings. The molecule has 0 bridgehead atoms. The van der Waals surface area contributed by atoms with Gasteiger partial charge in [0.1, 0.15) is 0 Å². The second kappa shape index (κ2) is 5.17. The zero-order valence-electron chi connectivity index (χ0n) is 9.08. The summed E-state index contributed by atoms with van der Waals surface area (Å²) in [6.45, 7) is 1.82. The number of rotatable bonds is 1. The molecule has 1 heterocycles. The van der Waals surface area contributed by atoms with Crippen LogP contribution in [0.5, 0.6) is 0 Å². The van der Waals surface area contributed by atoms with Gasteiger partial charge >= 0.3 is 0 Å².